The Balaban J connectivity index is 0.00000341. The molecule has 0 saturated carbocycles. The Morgan fingerprint density at radius 2 is 1.61 bits per heavy atom. The molecule has 1 heterocycles. The van der Waals surface area contributed by atoms with E-state index in [1.165, 1.54) is 17.0 Å². The van der Waals surface area contributed by atoms with Gasteiger partial charge in [0.2, 0.25) is 0 Å². The van der Waals surface area contributed by atoms with Gasteiger partial charge in [0.25, 0.3) is 8.32 Å². The van der Waals surface area contributed by atoms with Gasteiger partial charge in [-0.3, -0.25) is 0 Å². The molecule has 3 rings (SSSR count). The summed E-state index contributed by atoms with van der Waals surface area (Å²) in [6, 6.07) is 20.8. The van der Waals surface area contributed by atoms with E-state index in [1.807, 2.05) is 36.4 Å². The molecule has 0 aromatic heterocycles. The van der Waals surface area contributed by atoms with Crippen LogP contribution in [0.15, 0.2) is 60.7 Å². The largest absolute Gasteiger partial charge is 0.541 e. The van der Waals surface area contributed by atoms with Gasteiger partial charge in [-0.1, -0.05) is 81.4 Å². The predicted molar refractivity (Wildman–Crippen MR) is 122 cm³/mol. The van der Waals surface area contributed by atoms with E-state index in [0.29, 0.717) is 0 Å². The number of methoxy groups -OCH3 is 1. The first kappa shape index (κ1) is 26.4. The fourth-order valence-corrected chi connectivity index (χ4v) is 9.10. The monoisotopic (exact) mass is 661 g/mol. The van der Waals surface area contributed by atoms with Crippen molar-refractivity contribution in [2.24, 2.45) is 0 Å². The van der Waals surface area contributed by atoms with Gasteiger partial charge in [-0.15, -0.1) is 12.3 Å². The van der Waals surface area contributed by atoms with Crippen LogP contribution in [0.3, 0.4) is 0 Å². The van der Waals surface area contributed by atoms with Crippen molar-refractivity contribution in [2.45, 2.75) is 50.0 Å². The second kappa shape index (κ2) is 10.8. The molecule has 1 aliphatic rings. The Labute approximate surface area is 211 Å². The molecular formula is C25H31O4SiU-. The predicted octanol–water partition coefficient (Wildman–Crippen LogP) is 2.89. The summed E-state index contributed by atoms with van der Waals surface area (Å²) < 4.78 is 18.5. The van der Waals surface area contributed by atoms with Crippen molar-refractivity contribution >= 4 is 18.7 Å². The Morgan fingerprint density at radius 3 is 2.03 bits per heavy atom. The van der Waals surface area contributed by atoms with E-state index in [9.17, 15) is 5.11 Å². The quantitative estimate of drug-likeness (QED) is 0.282. The molecule has 1 saturated heterocycles. The summed E-state index contributed by atoms with van der Waals surface area (Å²) in [6.07, 6.45) is 4.51. The molecule has 0 amide bonds. The number of aliphatic hydroxyl groups is 1. The van der Waals surface area contributed by atoms with Crippen LogP contribution >= 0.6 is 0 Å². The molecule has 0 aliphatic carbocycles. The normalized spacial score (nSPS) is 23.7. The second-order valence-corrected chi connectivity index (χ2v) is 13.1. The van der Waals surface area contributed by atoms with E-state index in [1.54, 1.807) is 7.11 Å². The Morgan fingerprint density at radius 1 is 1.10 bits per heavy atom. The molecule has 6 heteroatoms. The summed E-state index contributed by atoms with van der Waals surface area (Å²) in [5, 5.41) is 12.5. The summed E-state index contributed by atoms with van der Waals surface area (Å²) in [5.41, 5.74) is -0.935. The molecule has 0 radical (unpaired) electrons. The molecule has 0 unspecified atom stereocenters. The maximum absolute atomic E-state index is 10.4. The zero-order chi connectivity index (χ0) is 21.8. The molecule has 164 valence electrons. The molecule has 1 aliphatic heterocycles. The molecular weight excluding hydrogens is 630 g/mol. The third kappa shape index (κ3) is 5.05. The Kier molecular flexibility index (Phi) is 9.20. The average Bonchev–Trinajstić information content (AvgIpc) is 3.04. The minimum Gasteiger partial charge on any atom is -0.541 e. The van der Waals surface area contributed by atoms with Crippen LogP contribution in [0, 0.1) is 50.1 Å². The van der Waals surface area contributed by atoms with Gasteiger partial charge in [-0.2, -0.15) is 6.61 Å². The van der Waals surface area contributed by atoms with Gasteiger partial charge in [-0.05, 0) is 21.5 Å². The second-order valence-electron chi connectivity index (χ2n) is 8.80. The summed E-state index contributed by atoms with van der Waals surface area (Å²) in [6.45, 7) is 8.28. The van der Waals surface area contributed by atoms with Crippen LogP contribution in [0.25, 0.3) is 0 Å². The zero-order valence-corrected chi connectivity index (χ0v) is 23.8. The van der Waals surface area contributed by atoms with E-state index in [0.717, 1.165) is 0 Å². The topological polar surface area (TPSA) is 47.9 Å². The standard InChI is InChI=1S/C25H31O4Si.U/c1-6-17-25(23(27-5)22(26)18-28-25)19-29-30(24(2,3)4,20-13-9-7-10-14-20)21-15-11-8-12-16-21;/h1,7-16,18,22-23,26H,17,19H2,2-5H3;/q-1;/t22-,23-,25+;/m0./s1. The van der Waals surface area contributed by atoms with Gasteiger partial charge in [0.1, 0.15) is 0 Å². The van der Waals surface area contributed by atoms with Crippen LogP contribution in [-0.2, 0) is 13.9 Å². The molecule has 4 nitrogen and oxygen atoms in total. The van der Waals surface area contributed by atoms with Gasteiger partial charge in [-0.25, -0.2) is 0 Å². The van der Waals surface area contributed by atoms with Crippen molar-refractivity contribution in [3.8, 4) is 12.3 Å². The summed E-state index contributed by atoms with van der Waals surface area (Å²) in [5.74, 6) is 2.69. The minimum atomic E-state index is -2.76. The van der Waals surface area contributed by atoms with Crippen molar-refractivity contribution < 1.29 is 50.1 Å². The number of rotatable bonds is 7. The third-order valence-electron chi connectivity index (χ3n) is 5.88. The summed E-state index contributed by atoms with van der Waals surface area (Å²) in [4.78, 5) is 0. The first-order valence-corrected chi connectivity index (χ1v) is 12.1. The minimum absolute atomic E-state index is 0. The molecule has 0 spiro atoms. The molecule has 0 bridgehead atoms. The van der Waals surface area contributed by atoms with Gasteiger partial charge in [0.05, 0.1) is 18.3 Å². The molecule has 1 N–H and O–H groups in total. The number of aliphatic hydroxyl groups excluding tert-OH is 1. The third-order valence-corrected chi connectivity index (χ3v) is 10.9. The first-order valence-electron chi connectivity index (χ1n) is 10.2. The van der Waals surface area contributed by atoms with Crippen molar-refractivity contribution in [1.29, 1.82) is 0 Å². The van der Waals surface area contributed by atoms with E-state index in [4.69, 9.17) is 20.3 Å². The van der Waals surface area contributed by atoms with Crippen molar-refractivity contribution in [2.75, 3.05) is 13.7 Å². The van der Waals surface area contributed by atoms with Crippen molar-refractivity contribution in [1.82, 2.24) is 0 Å². The maximum atomic E-state index is 10.4. The van der Waals surface area contributed by atoms with Gasteiger partial charge < -0.3 is 19.0 Å². The first-order chi connectivity index (χ1) is 14.3. The Hall–Kier alpha value is -0.891. The molecule has 1 fully saturated rings. The molecule has 31 heavy (non-hydrogen) atoms. The van der Waals surface area contributed by atoms with Crippen LogP contribution in [-0.4, -0.2) is 44.9 Å². The van der Waals surface area contributed by atoms with Crippen LogP contribution in [0.1, 0.15) is 27.2 Å². The number of hydrogen-bond acceptors (Lipinski definition) is 4. The van der Waals surface area contributed by atoms with Crippen LogP contribution < -0.4 is 10.4 Å². The number of ether oxygens (including phenoxy) is 2. The number of benzene rings is 2. The maximum Gasteiger partial charge on any atom is 0.261 e. The Bertz CT molecular complexity index is 823. The summed E-state index contributed by atoms with van der Waals surface area (Å²) >= 11 is 0. The molecule has 2 aromatic carbocycles. The van der Waals surface area contributed by atoms with E-state index < -0.39 is 26.1 Å². The van der Waals surface area contributed by atoms with Crippen molar-refractivity contribution in [3.05, 3.63) is 67.3 Å². The van der Waals surface area contributed by atoms with Gasteiger partial charge in [0.15, 0.2) is 0 Å². The molecule has 2 aromatic rings. The van der Waals surface area contributed by atoms with Crippen LogP contribution in [0.5, 0.6) is 0 Å². The smallest absolute Gasteiger partial charge is 0.261 e. The SMILES string of the molecule is C#CC[C@]1(CO[Si](c2ccccc2)(c2ccccc2)C(C)(C)C)O[CH-][C@H](O)[C@@H]1OC.[U]. The van der Waals surface area contributed by atoms with Gasteiger partial charge >= 0.3 is 0 Å². The van der Waals surface area contributed by atoms with Crippen LogP contribution in [0.2, 0.25) is 5.04 Å². The van der Waals surface area contributed by atoms with E-state index in [2.05, 4.69) is 51.0 Å². The van der Waals surface area contributed by atoms with E-state index in [-0.39, 0.29) is 49.2 Å². The fraction of sp³-hybridized carbons (Fsp3) is 0.400. The summed E-state index contributed by atoms with van der Waals surface area (Å²) in [7, 11) is -1.20. The fourth-order valence-electron chi connectivity index (χ4n) is 4.48. The van der Waals surface area contributed by atoms with Gasteiger partial charge in [0, 0.05) is 44.6 Å². The molecule has 3 atom stereocenters. The average molecular weight is 662 g/mol. The number of terminal acetylenes is 1. The van der Waals surface area contributed by atoms with E-state index >= 15 is 0 Å². The number of hydrogen-bond donors (Lipinski definition) is 1. The van der Waals surface area contributed by atoms with Crippen molar-refractivity contribution in [3.63, 3.8) is 0 Å². The van der Waals surface area contributed by atoms with Crippen LogP contribution in [0.4, 0.5) is 0 Å². The zero-order valence-electron chi connectivity index (χ0n) is 18.7.